The number of nitrogens with one attached hydrogen (secondary N) is 2. The Balaban J connectivity index is 1.32. The van der Waals surface area contributed by atoms with Gasteiger partial charge in [0.25, 0.3) is 0 Å². The van der Waals surface area contributed by atoms with Crippen molar-refractivity contribution in [2.24, 2.45) is 5.92 Å². The molecule has 0 radical (unpaired) electrons. The topological polar surface area (TPSA) is 132 Å². The predicted octanol–water partition coefficient (Wildman–Crippen LogP) is 6.18. The number of carboxylic acid groups (broad SMARTS) is 1. The zero-order valence-electron chi connectivity index (χ0n) is 25.7. The van der Waals surface area contributed by atoms with Crippen LogP contribution in [-0.4, -0.2) is 56.2 Å². The molecule has 0 spiro atoms. The van der Waals surface area contributed by atoms with E-state index in [9.17, 15) is 24.6 Å². The third kappa shape index (κ3) is 6.94. The first-order valence-electron chi connectivity index (χ1n) is 15.5. The zero-order chi connectivity index (χ0) is 31.5. The van der Waals surface area contributed by atoms with Crippen molar-refractivity contribution < 1.29 is 24.6 Å². The standard InChI is InChI=1S/C35H42N4O5/c1-4-39(23(2)40)29-16-10-24(11-17-29)18-31(41)37-28-19-30(25-8-6-5-7-9-25)32(36-20-28)26-12-14-27(15-13-26)35(38-33(42)43)21-34(3,44)22-35/h5-9,12-15,19-20,24,29,38,44H,4,10-11,16-18,21-22H2,1-3H3,(H,37,41)(H,42,43)/t24-,29-,34-,35-. The monoisotopic (exact) mass is 598 g/mol. The fourth-order valence-electron chi connectivity index (χ4n) is 7.24. The van der Waals surface area contributed by atoms with Crippen molar-refractivity contribution >= 4 is 23.6 Å². The molecule has 1 aromatic heterocycles. The van der Waals surface area contributed by atoms with Gasteiger partial charge in [0.2, 0.25) is 11.8 Å². The maximum Gasteiger partial charge on any atom is 0.405 e. The van der Waals surface area contributed by atoms with Gasteiger partial charge in [-0.2, -0.15) is 0 Å². The van der Waals surface area contributed by atoms with Crippen molar-refractivity contribution in [1.82, 2.24) is 15.2 Å². The summed E-state index contributed by atoms with van der Waals surface area (Å²) >= 11 is 0. The summed E-state index contributed by atoms with van der Waals surface area (Å²) in [6, 6.07) is 19.7. The maximum atomic E-state index is 13.1. The summed E-state index contributed by atoms with van der Waals surface area (Å²) in [5, 5.41) is 25.5. The first-order valence-corrected chi connectivity index (χ1v) is 15.5. The van der Waals surface area contributed by atoms with Gasteiger partial charge < -0.3 is 25.7 Å². The number of amides is 3. The molecule has 2 saturated carbocycles. The molecule has 2 aliphatic rings. The number of hydrogen-bond acceptors (Lipinski definition) is 5. The third-order valence-electron chi connectivity index (χ3n) is 9.15. The number of anilines is 1. The fraction of sp³-hybridized carbons (Fsp3) is 0.429. The number of aromatic nitrogens is 1. The van der Waals surface area contributed by atoms with E-state index in [1.807, 2.05) is 72.5 Å². The van der Waals surface area contributed by atoms with Crippen molar-refractivity contribution in [2.75, 3.05) is 11.9 Å². The summed E-state index contributed by atoms with van der Waals surface area (Å²) in [5.41, 5.74) is 3.07. The normalized spacial score (nSPS) is 24.5. The minimum absolute atomic E-state index is 0.0436. The van der Waals surface area contributed by atoms with E-state index in [1.54, 1.807) is 20.0 Å². The summed E-state index contributed by atoms with van der Waals surface area (Å²) in [6.45, 7) is 6.06. The Kier molecular flexibility index (Phi) is 9.06. The molecular weight excluding hydrogens is 556 g/mol. The zero-order valence-corrected chi connectivity index (χ0v) is 25.7. The van der Waals surface area contributed by atoms with Crippen LogP contribution in [0, 0.1) is 5.92 Å². The quantitative estimate of drug-likeness (QED) is 0.233. The molecule has 9 heteroatoms. The largest absolute Gasteiger partial charge is 0.465 e. The molecule has 3 amide bonds. The van der Waals surface area contributed by atoms with Crippen LogP contribution in [0.2, 0.25) is 0 Å². The van der Waals surface area contributed by atoms with Crippen LogP contribution in [0.5, 0.6) is 0 Å². The van der Waals surface area contributed by atoms with Crippen LogP contribution in [-0.2, 0) is 15.1 Å². The Labute approximate surface area is 258 Å². The summed E-state index contributed by atoms with van der Waals surface area (Å²) in [4.78, 5) is 43.3. The summed E-state index contributed by atoms with van der Waals surface area (Å²) in [7, 11) is 0. The number of benzene rings is 2. The van der Waals surface area contributed by atoms with E-state index in [0.29, 0.717) is 31.5 Å². The second-order valence-corrected chi connectivity index (χ2v) is 12.7. The van der Waals surface area contributed by atoms with Gasteiger partial charge in [-0.05, 0) is 62.6 Å². The lowest BCUT2D eigenvalue weighted by Crippen LogP contribution is -2.61. The van der Waals surface area contributed by atoms with E-state index in [-0.39, 0.29) is 23.8 Å². The maximum absolute atomic E-state index is 13.1. The number of rotatable bonds is 9. The van der Waals surface area contributed by atoms with Gasteiger partial charge in [-0.1, -0.05) is 54.6 Å². The van der Waals surface area contributed by atoms with Gasteiger partial charge >= 0.3 is 6.09 Å². The Morgan fingerprint density at radius 3 is 2.20 bits per heavy atom. The molecule has 0 unspecified atom stereocenters. The first-order chi connectivity index (χ1) is 21.0. The lowest BCUT2D eigenvalue weighted by molar-refractivity contribution is -0.132. The van der Waals surface area contributed by atoms with Gasteiger partial charge in [0.15, 0.2) is 0 Å². The second-order valence-electron chi connectivity index (χ2n) is 12.7. The SMILES string of the molecule is CCN(C(C)=O)[C@H]1CC[C@H](CC(=O)Nc2cnc(-c3ccc([C@]4(NC(=O)O)C[C@](C)(O)C4)cc3)c(-c3ccccc3)c2)CC1. The number of nitrogens with zero attached hydrogens (tertiary/aromatic N) is 2. The smallest absolute Gasteiger partial charge is 0.405 e. The lowest BCUT2D eigenvalue weighted by atomic mass is 9.62. The highest BCUT2D eigenvalue weighted by molar-refractivity contribution is 5.93. The number of aliphatic hydroxyl groups is 1. The molecular formula is C35H42N4O5. The molecule has 0 saturated heterocycles. The van der Waals surface area contributed by atoms with E-state index >= 15 is 0 Å². The number of carbonyl (C=O) groups excluding carboxylic acids is 2. The molecule has 5 rings (SSSR count). The number of hydrogen-bond donors (Lipinski definition) is 4. The average Bonchev–Trinajstić information content (AvgIpc) is 2.97. The van der Waals surface area contributed by atoms with E-state index in [0.717, 1.165) is 53.6 Å². The van der Waals surface area contributed by atoms with Gasteiger partial charge in [0.1, 0.15) is 0 Å². The van der Waals surface area contributed by atoms with E-state index in [1.165, 1.54) is 0 Å². The lowest BCUT2D eigenvalue weighted by Gasteiger charge is -2.51. The average molecular weight is 599 g/mol. The van der Waals surface area contributed by atoms with Crippen LogP contribution in [0.15, 0.2) is 66.9 Å². The van der Waals surface area contributed by atoms with Gasteiger partial charge in [0.05, 0.1) is 28.7 Å². The Morgan fingerprint density at radius 2 is 1.64 bits per heavy atom. The molecule has 4 N–H and O–H groups in total. The minimum Gasteiger partial charge on any atom is -0.465 e. The van der Waals surface area contributed by atoms with Crippen molar-refractivity contribution in [3.8, 4) is 22.4 Å². The molecule has 0 aliphatic heterocycles. The summed E-state index contributed by atoms with van der Waals surface area (Å²) in [5.74, 6) is 0.356. The molecule has 1 heterocycles. The summed E-state index contributed by atoms with van der Waals surface area (Å²) in [6.07, 6.45) is 5.26. The number of carbonyl (C=O) groups is 3. The van der Waals surface area contributed by atoms with Crippen LogP contribution >= 0.6 is 0 Å². The molecule has 2 aromatic carbocycles. The second kappa shape index (κ2) is 12.8. The van der Waals surface area contributed by atoms with Crippen LogP contribution < -0.4 is 10.6 Å². The van der Waals surface area contributed by atoms with Crippen molar-refractivity contribution in [3.05, 3.63) is 72.4 Å². The Bertz CT molecular complexity index is 1490. The van der Waals surface area contributed by atoms with E-state index in [4.69, 9.17) is 4.98 Å². The van der Waals surface area contributed by atoms with Gasteiger partial charge in [-0.15, -0.1) is 0 Å². The van der Waals surface area contributed by atoms with Crippen LogP contribution in [0.25, 0.3) is 22.4 Å². The minimum atomic E-state index is -1.13. The van der Waals surface area contributed by atoms with Crippen molar-refractivity contribution in [1.29, 1.82) is 0 Å². The highest BCUT2D eigenvalue weighted by atomic mass is 16.4. The Morgan fingerprint density at radius 1 is 0.977 bits per heavy atom. The van der Waals surface area contributed by atoms with E-state index < -0.39 is 17.2 Å². The van der Waals surface area contributed by atoms with Gasteiger partial charge in [-0.25, -0.2) is 4.79 Å². The molecule has 3 aromatic rings. The van der Waals surface area contributed by atoms with Crippen molar-refractivity contribution in [2.45, 2.75) is 82.9 Å². The molecule has 44 heavy (non-hydrogen) atoms. The molecule has 9 nitrogen and oxygen atoms in total. The third-order valence-corrected chi connectivity index (χ3v) is 9.15. The van der Waals surface area contributed by atoms with Crippen LogP contribution in [0.4, 0.5) is 10.5 Å². The highest BCUT2D eigenvalue weighted by Gasteiger charge is 2.53. The fourth-order valence-corrected chi connectivity index (χ4v) is 7.24. The van der Waals surface area contributed by atoms with Crippen molar-refractivity contribution in [3.63, 3.8) is 0 Å². The first kappa shape index (κ1) is 31.2. The molecule has 232 valence electrons. The predicted molar refractivity (Wildman–Crippen MR) is 170 cm³/mol. The Hall–Kier alpha value is -4.24. The van der Waals surface area contributed by atoms with Gasteiger partial charge in [-0.3, -0.25) is 14.6 Å². The molecule has 0 bridgehead atoms. The van der Waals surface area contributed by atoms with Crippen LogP contribution in [0.1, 0.15) is 71.3 Å². The van der Waals surface area contributed by atoms with E-state index in [2.05, 4.69) is 10.6 Å². The van der Waals surface area contributed by atoms with Gasteiger partial charge in [0, 0.05) is 49.9 Å². The van der Waals surface area contributed by atoms with Crippen LogP contribution in [0.3, 0.4) is 0 Å². The summed E-state index contributed by atoms with van der Waals surface area (Å²) < 4.78 is 0. The molecule has 2 aliphatic carbocycles. The highest BCUT2D eigenvalue weighted by Crippen LogP contribution is 2.48. The molecule has 2 fully saturated rings. The number of pyridine rings is 1. The molecule has 0 atom stereocenters.